The van der Waals surface area contributed by atoms with Crippen molar-refractivity contribution in [1.82, 2.24) is 0 Å². The molecule has 126 valence electrons. The van der Waals surface area contributed by atoms with Crippen molar-refractivity contribution < 1.29 is 9.18 Å². The Balaban J connectivity index is 1.82. The molecule has 0 fully saturated rings. The maximum Gasteiger partial charge on any atom is 0.165 e. The van der Waals surface area contributed by atoms with Crippen molar-refractivity contribution in [1.29, 1.82) is 0 Å². The van der Waals surface area contributed by atoms with E-state index < -0.39 is 0 Å². The molecular formula is C21H17BrFNO. The third kappa shape index (κ3) is 4.77. The van der Waals surface area contributed by atoms with Gasteiger partial charge in [0.25, 0.3) is 0 Å². The molecule has 3 aromatic rings. The molecule has 1 N–H and O–H groups in total. The van der Waals surface area contributed by atoms with Gasteiger partial charge in [-0.15, -0.1) is 0 Å². The Hall–Kier alpha value is -2.46. The summed E-state index contributed by atoms with van der Waals surface area (Å²) < 4.78 is 14.1. The minimum Gasteiger partial charge on any atom is -0.378 e. The van der Waals surface area contributed by atoms with E-state index in [4.69, 9.17) is 0 Å². The fourth-order valence-electron chi connectivity index (χ4n) is 2.62. The van der Waals surface area contributed by atoms with Crippen molar-refractivity contribution in [2.45, 2.75) is 12.5 Å². The number of hydrogen-bond donors (Lipinski definition) is 1. The lowest BCUT2D eigenvalue weighted by Gasteiger charge is -2.20. The lowest BCUT2D eigenvalue weighted by atomic mass is 9.97. The van der Waals surface area contributed by atoms with Gasteiger partial charge < -0.3 is 5.32 Å². The quantitative estimate of drug-likeness (QED) is 0.515. The molecule has 0 spiro atoms. The van der Waals surface area contributed by atoms with E-state index in [-0.39, 0.29) is 24.1 Å². The molecule has 0 heterocycles. The van der Waals surface area contributed by atoms with Gasteiger partial charge in [0, 0.05) is 22.1 Å². The summed E-state index contributed by atoms with van der Waals surface area (Å²) in [4.78, 5) is 12.6. The Morgan fingerprint density at radius 1 is 0.920 bits per heavy atom. The predicted molar refractivity (Wildman–Crippen MR) is 102 cm³/mol. The van der Waals surface area contributed by atoms with Gasteiger partial charge in [-0.3, -0.25) is 4.79 Å². The normalized spacial score (nSPS) is 11.8. The molecular weight excluding hydrogens is 381 g/mol. The number of anilines is 1. The van der Waals surface area contributed by atoms with Crippen molar-refractivity contribution in [3.05, 3.63) is 100 Å². The Bertz CT molecular complexity index is 832. The van der Waals surface area contributed by atoms with E-state index in [1.807, 2.05) is 54.6 Å². The van der Waals surface area contributed by atoms with Crippen LogP contribution in [0.5, 0.6) is 0 Å². The summed E-state index contributed by atoms with van der Waals surface area (Å²) >= 11 is 3.42. The molecule has 4 heteroatoms. The van der Waals surface area contributed by atoms with Crippen molar-refractivity contribution in [2.24, 2.45) is 0 Å². The van der Waals surface area contributed by atoms with Gasteiger partial charge in [0.15, 0.2) is 5.78 Å². The summed E-state index contributed by atoms with van der Waals surface area (Å²) in [5.41, 5.74) is 2.48. The van der Waals surface area contributed by atoms with Crippen molar-refractivity contribution >= 4 is 27.4 Å². The molecule has 25 heavy (non-hydrogen) atoms. The summed E-state index contributed by atoms with van der Waals surface area (Å²) in [7, 11) is 0. The third-order valence-electron chi connectivity index (χ3n) is 3.94. The molecule has 0 radical (unpaired) electrons. The molecule has 0 saturated carbocycles. The number of carbonyl (C=O) groups is 1. The van der Waals surface area contributed by atoms with Gasteiger partial charge in [-0.2, -0.15) is 0 Å². The molecule has 0 aliphatic carbocycles. The highest BCUT2D eigenvalue weighted by Crippen LogP contribution is 2.25. The lowest BCUT2D eigenvalue weighted by Crippen LogP contribution is -2.15. The van der Waals surface area contributed by atoms with Crippen molar-refractivity contribution in [2.75, 3.05) is 5.32 Å². The summed E-state index contributed by atoms with van der Waals surface area (Å²) in [5, 5.41) is 3.42. The van der Waals surface area contributed by atoms with Gasteiger partial charge in [-0.25, -0.2) is 4.39 Å². The monoisotopic (exact) mass is 397 g/mol. The molecule has 0 aliphatic rings. The number of rotatable bonds is 6. The Morgan fingerprint density at radius 3 is 2.20 bits per heavy atom. The van der Waals surface area contributed by atoms with Crippen LogP contribution in [0, 0.1) is 5.82 Å². The summed E-state index contributed by atoms with van der Waals surface area (Å²) in [5.74, 6) is -0.373. The summed E-state index contributed by atoms with van der Waals surface area (Å²) in [6.45, 7) is 0. The smallest absolute Gasteiger partial charge is 0.165 e. The van der Waals surface area contributed by atoms with Gasteiger partial charge in [0.05, 0.1) is 6.04 Å². The van der Waals surface area contributed by atoms with Crippen molar-refractivity contribution in [3.8, 4) is 0 Å². The molecule has 1 atom stereocenters. The molecule has 3 rings (SSSR count). The highest BCUT2D eigenvalue weighted by atomic mass is 79.9. The Labute approximate surface area is 154 Å². The van der Waals surface area contributed by atoms with E-state index in [2.05, 4.69) is 21.2 Å². The highest BCUT2D eigenvalue weighted by molar-refractivity contribution is 9.10. The van der Waals surface area contributed by atoms with E-state index in [0.717, 1.165) is 15.7 Å². The van der Waals surface area contributed by atoms with E-state index in [1.54, 1.807) is 0 Å². The Morgan fingerprint density at radius 2 is 1.56 bits per heavy atom. The molecule has 1 unspecified atom stereocenters. The fourth-order valence-corrected chi connectivity index (χ4v) is 2.89. The molecule has 0 amide bonds. The zero-order chi connectivity index (χ0) is 17.6. The van der Waals surface area contributed by atoms with Gasteiger partial charge in [0.1, 0.15) is 5.82 Å². The largest absolute Gasteiger partial charge is 0.378 e. The molecule has 0 saturated heterocycles. The van der Waals surface area contributed by atoms with Crippen LogP contribution < -0.4 is 5.32 Å². The topological polar surface area (TPSA) is 29.1 Å². The maximum atomic E-state index is 13.1. The van der Waals surface area contributed by atoms with Gasteiger partial charge in [-0.05, 0) is 54.1 Å². The van der Waals surface area contributed by atoms with Crippen LogP contribution in [0.3, 0.4) is 0 Å². The molecule has 0 bridgehead atoms. The zero-order valence-corrected chi connectivity index (χ0v) is 15.0. The number of benzene rings is 3. The number of carbonyl (C=O) groups excluding carboxylic acids is 1. The van der Waals surface area contributed by atoms with Crippen molar-refractivity contribution in [3.63, 3.8) is 0 Å². The van der Waals surface area contributed by atoms with Crippen LogP contribution in [0.15, 0.2) is 83.3 Å². The minimum atomic E-state index is -0.343. The van der Waals surface area contributed by atoms with Crippen LogP contribution in [0.4, 0.5) is 10.1 Å². The average Bonchev–Trinajstić information content (AvgIpc) is 2.64. The molecule has 0 aliphatic heterocycles. The second-order valence-corrected chi connectivity index (χ2v) is 6.66. The SMILES string of the molecule is O=C(CC(Nc1ccc(Br)cc1)c1ccccc1)c1ccc(F)cc1. The number of Topliss-reactive ketones (excluding diaryl/α,β-unsaturated/α-hetero) is 1. The lowest BCUT2D eigenvalue weighted by molar-refractivity contribution is 0.0976. The van der Waals surface area contributed by atoms with Gasteiger partial charge in [-0.1, -0.05) is 46.3 Å². The second kappa shape index (κ2) is 8.08. The van der Waals surface area contributed by atoms with Crippen LogP contribution >= 0.6 is 15.9 Å². The highest BCUT2D eigenvalue weighted by Gasteiger charge is 2.17. The average molecular weight is 398 g/mol. The molecule has 2 nitrogen and oxygen atoms in total. The van der Waals surface area contributed by atoms with Crippen LogP contribution in [-0.4, -0.2) is 5.78 Å². The molecule has 0 aromatic heterocycles. The van der Waals surface area contributed by atoms with Crippen LogP contribution in [0.1, 0.15) is 28.4 Å². The van der Waals surface area contributed by atoms with Crippen LogP contribution in [-0.2, 0) is 0 Å². The van der Waals surface area contributed by atoms with E-state index in [9.17, 15) is 9.18 Å². The van der Waals surface area contributed by atoms with E-state index in [1.165, 1.54) is 24.3 Å². The van der Waals surface area contributed by atoms with E-state index >= 15 is 0 Å². The van der Waals surface area contributed by atoms with Gasteiger partial charge in [0.2, 0.25) is 0 Å². The first kappa shape index (κ1) is 17.4. The minimum absolute atomic E-state index is 0.0292. The summed E-state index contributed by atoms with van der Waals surface area (Å²) in [6, 6.07) is 23.2. The first-order chi connectivity index (χ1) is 12.1. The fraction of sp³-hybridized carbons (Fsp3) is 0.0952. The Kier molecular flexibility index (Phi) is 5.61. The van der Waals surface area contributed by atoms with Crippen LogP contribution in [0.25, 0.3) is 0 Å². The standard InChI is InChI=1S/C21H17BrFNO/c22-17-8-12-19(13-9-17)24-20(15-4-2-1-3-5-15)14-21(25)16-6-10-18(23)11-7-16/h1-13,20,24H,14H2. The number of ketones is 1. The predicted octanol–water partition coefficient (Wildman–Crippen LogP) is 6.01. The number of halogens is 2. The van der Waals surface area contributed by atoms with Gasteiger partial charge >= 0.3 is 0 Å². The zero-order valence-electron chi connectivity index (χ0n) is 13.5. The van der Waals surface area contributed by atoms with E-state index in [0.29, 0.717) is 5.56 Å². The third-order valence-corrected chi connectivity index (χ3v) is 4.47. The number of hydrogen-bond acceptors (Lipinski definition) is 2. The molecule has 3 aromatic carbocycles. The maximum absolute atomic E-state index is 13.1. The summed E-state index contributed by atoms with van der Waals surface area (Å²) in [6.07, 6.45) is 0.283. The first-order valence-electron chi connectivity index (χ1n) is 7.97. The first-order valence-corrected chi connectivity index (χ1v) is 8.77. The second-order valence-electron chi connectivity index (χ2n) is 5.75. The number of nitrogens with one attached hydrogen (secondary N) is 1. The van der Waals surface area contributed by atoms with Crippen LogP contribution in [0.2, 0.25) is 0 Å².